The number of nitrogens with zero attached hydrogens (tertiary/aromatic N) is 1. The van der Waals surface area contributed by atoms with Gasteiger partial charge >= 0.3 is 0 Å². The molecule has 0 saturated heterocycles. The maximum atomic E-state index is 11.1. The van der Waals surface area contributed by atoms with Gasteiger partial charge in [0.2, 0.25) is 0 Å². The van der Waals surface area contributed by atoms with E-state index in [0.717, 1.165) is 0 Å². The third-order valence-corrected chi connectivity index (χ3v) is 3.44. The molecular weight excluding hydrogens is 278 g/mol. The highest BCUT2D eigenvalue weighted by Crippen LogP contribution is 2.20. The minimum Gasteiger partial charge on any atom is -0.489 e. The van der Waals surface area contributed by atoms with Gasteiger partial charge < -0.3 is 20.6 Å². The molecule has 0 radical (unpaired) electrons. The van der Waals surface area contributed by atoms with E-state index < -0.39 is 6.10 Å². The van der Waals surface area contributed by atoms with Gasteiger partial charge in [0.15, 0.2) is 5.16 Å². The van der Waals surface area contributed by atoms with E-state index >= 15 is 0 Å². The number of para-hydroxylation sites is 2. The van der Waals surface area contributed by atoms with Gasteiger partial charge in [-0.3, -0.25) is 4.79 Å². The average Bonchev–Trinajstić information content (AvgIpc) is 2.44. The van der Waals surface area contributed by atoms with Crippen LogP contribution in [0, 0.1) is 0 Å². The molecule has 1 unspecified atom stereocenters. The van der Waals surface area contributed by atoms with E-state index in [9.17, 15) is 9.90 Å². The van der Waals surface area contributed by atoms with Crippen molar-refractivity contribution in [2.45, 2.75) is 11.3 Å². The topological polar surface area (TPSA) is 101 Å². The van der Waals surface area contributed by atoms with E-state index in [-0.39, 0.29) is 12.2 Å². The number of aromatic amines is 1. The number of ether oxygens (including phenoxy) is 1. The standard InChI is InChI=1S/C13H15N3O3S/c14-10-3-1-2-4-11(10)19-7-9(17)8-20-13-15-6-5-12(18)16-13/h1-6,9,17H,7-8,14H2,(H,15,16,18). The molecule has 0 aliphatic rings. The van der Waals surface area contributed by atoms with Crippen LogP contribution in [0.1, 0.15) is 0 Å². The van der Waals surface area contributed by atoms with Crippen molar-refractivity contribution in [2.75, 3.05) is 18.1 Å². The van der Waals surface area contributed by atoms with E-state index in [1.165, 1.54) is 24.0 Å². The van der Waals surface area contributed by atoms with E-state index in [1.807, 2.05) is 12.1 Å². The summed E-state index contributed by atoms with van der Waals surface area (Å²) in [5.41, 5.74) is 6.04. The minimum absolute atomic E-state index is 0.123. The Balaban J connectivity index is 1.80. The highest BCUT2D eigenvalue weighted by Gasteiger charge is 2.08. The van der Waals surface area contributed by atoms with Crippen LogP contribution in [0.5, 0.6) is 5.75 Å². The van der Waals surface area contributed by atoms with Gasteiger partial charge in [0.05, 0.1) is 11.8 Å². The summed E-state index contributed by atoms with van der Waals surface area (Å²) >= 11 is 1.25. The lowest BCUT2D eigenvalue weighted by Crippen LogP contribution is -2.20. The lowest BCUT2D eigenvalue weighted by atomic mass is 10.3. The van der Waals surface area contributed by atoms with Gasteiger partial charge in [-0.1, -0.05) is 23.9 Å². The monoisotopic (exact) mass is 293 g/mol. The van der Waals surface area contributed by atoms with Gasteiger partial charge in [-0.2, -0.15) is 0 Å². The Kier molecular flexibility index (Phi) is 5.03. The van der Waals surface area contributed by atoms with Gasteiger partial charge in [-0.15, -0.1) is 0 Å². The summed E-state index contributed by atoms with van der Waals surface area (Å²) in [7, 11) is 0. The Labute approximate surface area is 120 Å². The molecule has 2 rings (SSSR count). The third kappa shape index (κ3) is 4.29. The highest BCUT2D eigenvalue weighted by molar-refractivity contribution is 7.99. The van der Waals surface area contributed by atoms with Crippen LogP contribution in [0.15, 0.2) is 46.5 Å². The van der Waals surface area contributed by atoms with Gasteiger partial charge in [-0.05, 0) is 12.1 Å². The minimum atomic E-state index is -0.690. The maximum absolute atomic E-state index is 11.1. The highest BCUT2D eigenvalue weighted by atomic mass is 32.2. The van der Waals surface area contributed by atoms with Crippen molar-refractivity contribution in [1.82, 2.24) is 9.97 Å². The fourth-order valence-electron chi connectivity index (χ4n) is 1.45. The molecule has 0 bridgehead atoms. The first-order valence-electron chi connectivity index (χ1n) is 5.98. The van der Waals surface area contributed by atoms with Crippen LogP contribution in [0.25, 0.3) is 0 Å². The number of H-pyrrole nitrogens is 1. The quantitative estimate of drug-likeness (QED) is 0.415. The molecule has 4 N–H and O–H groups in total. The Morgan fingerprint density at radius 1 is 1.40 bits per heavy atom. The van der Waals surface area contributed by atoms with Crippen LogP contribution in [-0.4, -0.2) is 33.5 Å². The molecule has 0 fully saturated rings. The van der Waals surface area contributed by atoms with Crippen molar-refractivity contribution < 1.29 is 9.84 Å². The summed E-state index contributed by atoms with van der Waals surface area (Å²) in [6.07, 6.45) is 0.736. The molecule has 0 spiro atoms. The summed E-state index contributed by atoms with van der Waals surface area (Å²) in [5, 5.41) is 10.3. The zero-order valence-corrected chi connectivity index (χ0v) is 11.5. The predicted octanol–water partition coefficient (Wildman–Crippen LogP) is 0.884. The number of aliphatic hydroxyl groups is 1. The molecule has 6 nitrogen and oxygen atoms in total. The van der Waals surface area contributed by atoms with E-state index in [2.05, 4.69) is 9.97 Å². The number of benzene rings is 1. The Bertz CT molecular complexity index is 618. The van der Waals surface area contributed by atoms with Gasteiger partial charge in [0.1, 0.15) is 12.4 Å². The SMILES string of the molecule is Nc1ccccc1OCC(O)CSc1nccc(=O)[nH]1. The number of nitrogens with one attached hydrogen (secondary N) is 1. The summed E-state index contributed by atoms with van der Waals surface area (Å²) in [6.45, 7) is 0.123. The van der Waals surface area contributed by atoms with Gasteiger partial charge in [-0.25, -0.2) is 4.98 Å². The van der Waals surface area contributed by atoms with Crippen molar-refractivity contribution in [3.63, 3.8) is 0 Å². The number of nitrogen functional groups attached to an aromatic ring is 1. The molecule has 7 heteroatoms. The zero-order chi connectivity index (χ0) is 14.4. The Morgan fingerprint density at radius 3 is 2.95 bits per heavy atom. The molecule has 0 saturated carbocycles. The predicted molar refractivity (Wildman–Crippen MR) is 77.9 cm³/mol. The fraction of sp³-hybridized carbons (Fsp3) is 0.231. The number of rotatable bonds is 6. The fourth-order valence-corrected chi connectivity index (χ4v) is 2.20. The first-order chi connectivity index (χ1) is 9.65. The molecule has 1 aromatic carbocycles. The normalized spacial score (nSPS) is 12.1. The number of aliphatic hydroxyl groups excluding tert-OH is 1. The molecule has 0 amide bonds. The molecule has 1 aromatic heterocycles. The molecule has 2 aromatic rings. The third-order valence-electron chi connectivity index (χ3n) is 2.41. The van der Waals surface area contributed by atoms with Gasteiger partial charge in [0.25, 0.3) is 5.56 Å². The number of nitrogens with two attached hydrogens (primary N) is 1. The second kappa shape index (κ2) is 6.97. The first-order valence-corrected chi connectivity index (χ1v) is 6.97. The van der Waals surface area contributed by atoms with E-state index in [4.69, 9.17) is 10.5 Å². The van der Waals surface area contributed by atoms with Crippen LogP contribution in [0.2, 0.25) is 0 Å². The Morgan fingerprint density at radius 2 is 2.20 bits per heavy atom. The average molecular weight is 293 g/mol. The van der Waals surface area contributed by atoms with Crippen LogP contribution in [0.4, 0.5) is 5.69 Å². The molecule has 106 valence electrons. The number of aromatic nitrogens is 2. The summed E-state index contributed by atoms with van der Waals surface area (Å²) in [4.78, 5) is 17.6. The Hall–Kier alpha value is -1.99. The number of anilines is 1. The largest absolute Gasteiger partial charge is 0.489 e. The lowest BCUT2D eigenvalue weighted by molar-refractivity contribution is 0.127. The second-order valence-corrected chi connectivity index (χ2v) is 5.06. The van der Waals surface area contributed by atoms with Crippen LogP contribution < -0.4 is 16.0 Å². The van der Waals surface area contributed by atoms with Crippen molar-refractivity contribution in [3.8, 4) is 5.75 Å². The summed E-state index contributed by atoms with van der Waals surface area (Å²) in [6, 6.07) is 8.43. The molecule has 0 aliphatic carbocycles. The second-order valence-electron chi connectivity index (χ2n) is 4.05. The maximum Gasteiger partial charge on any atom is 0.251 e. The zero-order valence-electron chi connectivity index (χ0n) is 10.7. The van der Waals surface area contributed by atoms with Crippen molar-refractivity contribution >= 4 is 17.4 Å². The molecule has 1 heterocycles. The molecule has 0 aliphatic heterocycles. The van der Waals surface area contributed by atoms with Crippen LogP contribution in [0.3, 0.4) is 0 Å². The van der Waals surface area contributed by atoms with E-state index in [0.29, 0.717) is 22.3 Å². The first kappa shape index (κ1) is 14.4. The molecular formula is C13H15N3O3S. The molecule has 1 atom stereocenters. The van der Waals surface area contributed by atoms with Gasteiger partial charge in [0, 0.05) is 18.0 Å². The lowest BCUT2D eigenvalue weighted by Gasteiger charge is -2.12. The number of hydrogen-bond acceptors (Lipinski definition) is 6. The summed E-state index contributed by atoms with van der Waals surface area (Å²) < 4.78 is 5.43. The van der Waals surface area contributed by atoms with Crippen molar-refractivity contribution in [3.05, 3.63) is 46.9 Å². The van der Waals surface area contributed by atoms with Crippen LogP contribution >= 0.6 is 11.8 Å². The van der Waals surface area contributed by atoms with Crippen LogP contribution in [-0.2, 0) is 0 Å². The van der Waals surface area contributed by atoms with E-state index in [1.54, 1.807) is 12.1 Å². The number of hydrogen-bond donors (Lipinski definition) is 3. The smallest absolute Gasteiger partial charge is 0.251 e. The van der Waals surface area contributed by atoms with Crippen molar-refractivity contribution in [1.29, 1.82) is 0 Å². The van der Waals surface area contributed by atoms with Crippen molar-refractivity contribution in [2.24, 2.45) is 0 Å². The molecule has 20 heavy (non-hydrogen) atoms. The summed E-state index contributed by atoms with van der Waals surface area (Å²) in [5.74, 6) is 0.905. The number of thioether (sulfide) groups is 1.